The van der Waals surface area contributed by atoms with Crippen molar-refractivity contribution in [2.24, 2.45) is 0 Å². The summed E-state index contributed by atoms with van der Waals surface area (Å²) in [6.07, 6.45) is 4.41. The van der Waals surface area contributed by atoms with E-state index in [-0.39, 0.29) is 6.04 Å². The van der Waals surface area contributed by atoms with E-state index in [2.05, 4.69) is 180 Å². The monoisotopic (exact) mass is 640 g/mol. The molecule has 0 amide bonds. The fraction of sp³-hybridized carbons (Fsp3) is 0.0213. The molecule has 1 aliphatic rings. The van der Waals surface area contributed by atoms with Crippen LogP contribution in [0.25, 0.3) is 60.5 Å². The maximum atomic E-state index is 6.19. The molecule has 1 aromatic heterocycles. The van der Waals surface area contributed by atoms with Crippen LogP contribution in [0.5, 0.6) is 0 Å². The summed E-state index contributed by atoms with van der Waals surface area (Å²) in [6.45, 7) is 0. The van der Waals surface area contributed by atoms with Crippen molar-refractivity contribution >= 4 is 72.3 Å². The van der Waals surface area contributed by atoms with Crippen molar-refractivity contribution in [3.8, 4) is 11.1 Å². The number of rotatable bonds is 5. The minimum absolute atomic E-state index is 0.00509. The summed E-state index contributed by atoms with van der Waals surface area (Å²) < 4.78 is 6.19. The van der Waals surface area contributed by atoms with Gasteiger partial charge in [0.15, 0.2) is 0 Å². The molecule has 0 saturated heterocycles. The van der Waals surface area contributed by atoms with Gasteiger partial charge in [-0.3, -0.25) is 0 Å². The zero-order valence-electron chi connectivity index (χ0n) is 27.3. The first-order chi connectivity index (χ1) is 24.8. The predicted molar refractivity (Wildman–Crippen MR) is 211 cm³/mol. The van der Waals surface area contributed by atoms with Crippen molar-refractivity contribution in [1.29, 1.82) is 0 Å². The SMILES string of the molecule is C1=CC(c2ccc(N(c3ccc(-c4ccccc4)cc3)c3cc4ccc5ccccc5c4c4ccccc34)cc2)Nc2oc3ccccc3c21. The number of furan rings is 1. The molecule has 1 N–H and O–H groups in total. The largest absolute Gasteiger partial charge is 0.440 e. The normalized spacial score (nSPS) is 13.9. The Morgan fingerprint density at radius 1 is 0.500 bits per heavy atom. The number of nitrogens with zero attached hydrogens (tertiary/aromatic N) is 1. The van der Waals surface area contributed by atoms with Crippen LogP contribution in [0.3, 0.4) is 0 Å². The number of nitrogens with one attached hydrogen (secondary N) is 1. The Morgan fingerprint density at radius 3 is 1.92 bits per heavy atom. The quantitative estimate of drug-likeness (QED) is 0.190. The molecule has 0 saturated carbocycles. The van der Waals surface area contributed by atoms with Crippen LogP contribution in [0.4, 0.5) is 22.9 Å². The molecule has 236 valence electrons. The summed E-state index contributed by atoms with van der Waals surface area (Å²) in [5, 5.41) is 12.3. The smallest absolute Gasteiger partial charge is 0.202 e. The Morgan fingerprint density at radius 2 is 1.12 bits per heavy atom. The average Bonchev–Trinajstić information content (AvgIpc) is 3.57. The van der Waals surface area contributed by atoms with Crippen LogP contribution in [0, 0.1) is 0 Å². The van der Waals surface area contributed by atoms with Crippen LogP contribution < -0.4 is 10.2 Å². The first-order valence-corrected chi connectivity index (χ1v) is 17.1. The molecule has 3 heteroatoms. The van der Waals surface area contributed by atoms with E-state index in [1.807, 2.05) is 12.1 Å². The molecule has 1 atom stereocenters. The van der Waals surface area contributed by atoms with Crippen LogP contribution in [0.1, 0.15) is 17.2 Å². The molecule has 1 unspecified atom stereocenters. The summed E-state index contributed by atoms with van der Waals surface area (Å²) in [4.78, 5) is 2.40. The lowest BCUT2D eigenvalue weighted by Gasteiger charge is -2.28. The second kappa shape index (κ2) is 11.5. The minimum Gasteiger partial charge on any atom is -0.440 e. The van der Waals surface area contributed by atoms with Crippen LogP contribution in [-0.2, 0) is 0 Å². The third-order valence-electron chi connectivity index (χ3n) is 10.1. The average molecular weight is 641 g/mol. The third kappa shape index (κ3) is 4.67. The number of benzene rings is 8. The highest BCUT2D eigenvalue weighted by Gasteiger charge is 2.22. The van der Waals surface area contributed by atoms with Gasteiger partial charge in [0, 0.05) is 27.7 Å². The zero-order valence-corrected chi connectivity index (χ0v) is 27.3. The van der Waals surface area contributed by atoms with Gasteiger partial charge in [-0.25, -0.2) is 0 Å². The molecule has 9 aromatic rings. The van der Waals surface area contributed by atoms with E-state index in [9.17, 15) is 0 Å². The summed E-state index contributed by atoms with van der Waals surface area (Å²) in [7, 11) is 0. The Balaban J connectivity index is 1.11. The highest BCUT2D eigenvalue weighted by molar-refractivity contribution is 6.23. The topological polar surface area (TPSA) is 28.4 Å². The van der Waals surface area contributed by atoms with Crippen molar-refractivity contribution in [3.05, 3.63) is 187 Å². The third-order valence-corrected chi connectivity index (χ3v) is 10.1. The van der Waals surface area contributed by atoms with Gasteiger partial charge >= 0.3 is 0 Å². The van der Waals surface area contributed by atoms with Gasteiger partial charge in [0.2, 0.25) is 5.88 Å². The highest BCUT2D eigenvalue weighted by Crippen LogP contribution is 2.44. The number of anilines is 4. The lowest BCUT2D eigenvalue weighted by Crippen LogP contribution is -2.13. The molecule has 8 aromatic carbocycles. The summed E-state index contributed by atoms with van der Waals surface area (Å²) >= 11 is 0. The van der Waals surface area contributed by atoms with Gasteiger partial charge in [-0.1, -0.05) is 146 Å². The van der Waals surface area contributed by atoms with Gasteiger partial charge in [-0.05, 0) is 80.0 Å². The Bertz CT molecular complexity index is 2720. The lowest BCUT2D eigenvalue weighted by molar-refractivity contribution is 0.619. The summed E-state index contributed by atoms with van der Waals surface area (Å²) in [5.74, 6) is 0.818. The van der Waals surface area contributed by atoms with Crippen LogP contribution >= 0.6 is 0 Å². The Hall–Kier alpha value is -6.58. The molecule has 1 aliphatic heterocycles. The van der Waals surface area contributed by atoms with Crippen molar-refractivity contribution in [1.82, 2.24) is 0 Å². The van der Waals surface area contributed by atoms with Crippen LogP contribution in [-0.4, -0.2) is 0 Å². The van der Waals surface area contributed by atoms with Crippen molar-refractivity contribution in [2.75, 3.05) is 10.2 Å². The molecular weight excluding hydrogens is 609 g/mol. The first kappa shape index (κ1) is 28.4. The number of hydrogen-bond acceptors (Lipinski definition) is 3. The zero-order chi connectivity index (χ0) is 33.0. The standard InChI is InChI=1S/C47H32N2O/c1-2-10-31(11-3-1)32-20-24-36(25-21-32)49(44-30-35-19-18-33-12-4-5-13-38(33)46(35)41-16-7-6-14-39(41)44)37-26-22-34(23-27-37)43-29-28-42-40-15-8-9-17-45(40)50-47(42)48-43/h1-30,43,48H. The Labute approximate surface area is 290 Å². The van der Waals surface area contributed by atoms with Gasteiger partial charge in [-0.15, -0.1) is 0 Å². The summed E-state index contributed by atoms with van der Waals surface area (Å²) in [5.41, 5.74) is 8.92. The summed E-state index contributed by atoms with van der Waals surface area (Å²) in [6, 6.07) is 61.0. The molecule has 0 spiro atoms. The number of hydrogen-bond donors (Lipinski definition) is 1. The van der Waals surface area contributed by atoms with Crippen molar-refractivity contribution in [3.63, 3.8) is 0 Å². The maximum absolute atomic E-state index is 6.19. The molecule has 0 bridgehead atoms. The minimum atomic E-state index is 0.00509. The van der Waals surface area contributed by atoms with Crippen LogP contribution in [0.15, 0.2) is 180 Å². The number of fused-ring (bicyclic) bond motifs is 8. The van der Waals surface area contributed by atoms with Gasteiger partial charge < -0.3 is 14.6 Å². The fourth-order valence-electron chi connectivity index (χ4n) is 7.65. The van der Waals surface area contributed by atoms with Crippen molar-refractivity contribution in [2.45, 2.75) is 6.04 Å². The maximum Gasteiger partial charge on any atom is 0.202 e. The first-order valence-electron chi connectivity index (χ1n) is 17.1. The molecule has 2 heterocycles. The van der Waals surface area contributed by atoms with Crippen LogP contribution in [0.2, 0.25) is 0 Å². The second-order valence-electron chi connectivity index (χ2n) is 13.0. The van der Waals surface area contributed by atoms with Gasteiger partial charge in [0.25, 0.3) is 0 Å². The molecule has 0 fully saturated rings. The van der Waals surface area contributed by atoms with Gasteiger partial charge in [-0.2, -0.15) is 0 Å². The van der Waals surface area contributed by atoms with Gasteiger partial charge in [0.1, 0.15) is 5.58 Å². The van der Waals surface area contributed by atoms with E-state index in [0.29, 0.717) is 0 Å². The molecule has 10 rings (SSSR count). The fourth-order valence-corrected chi connectivity index (χ4v) is 7.65. The molecule has 0 aliphatic carbocycles. The number of para-hydroxylation sites is 1. The molecule has 0 radical (unpaired) electrons. The van der Waals surface area contributed by atoms with E-state index in [0.717, 1.165) is 39.5 Å². The lowest BCUT2D eigenvalue weighted by atomic mass is 9.94. The molecule has 3 nitrogen and oxygen atoms in total. The van der Waals surface area contributed by atoms with Crippen molar-refractivity contribution < 1.29 is 4.42 Å². The van der Waals surface area contributed by atoms with E-state index < -0.39 is 0 Å². The molecule has 50 heavy (non-hydrogen) atoms. The van der Waals surface area contributed by atoms with E-state index in [1.54, 1.807) is 0 Å². The second-order valence-corrected chi connectivity index (χ2v) is 13.0. The Kier molecular flexibility index (Phi) is 6.56. The van der Waals surface area contributed by atoms with E-state index in [1.165, 1.54) is 49.0 Å². The predicted octanol–water partition coefficient (Wildman–Crippen LogP) is 13.2. The van der Waals surface area contributed by atoms with E-state index >= 15 is 0 Å². The van der Waals surface area contributed by atoms with Gasteiger partial charge in [0.05, 0.1) is 11.7 Å². The van der Waals surface area contributed by atoms with E-state index in [4.69, 9.17) is 4.42 Å². The highest BCUT2D eigenvalue weighted by atomic mass is 16.4. The molecular formula is C47H32N2O.